The van der Waals surface area contributed by atoms with Gasteiger partial charge in [-0.3, -0.25) is 4.79 Å². The van der Waals surface area contributed by atoms with E-state index >= 15 is 0 Å². The molecule has 0 heterocycles. The van der Waals surface area contributed by atoms with Crippen molar-refractivity contribution in [1.82, 2.24) is 0 Å². The lowest BCUT2D eigenvalue weighted by atomic mass is 9.47. The van der Waals surface area contributed by atoms with Gasteiger partial charge in [-0.15, -0.1) is 0 Å². The molecule has 4 aliphatic rings. The van der Waals surface area contributed by atoms with Crippen molar-refractivity contribution in [3.05, 3.63) is 11.6 Å². The highest BCUT2D eigenvalue weighted by atomic mass is 32.2. The molecule has 0 aromatic rings. The van der Waals surface area contributed by atoms with Gasteiger partial charge in [0, 0.05) is 11.7 Å². The molecule has 0 aromatic carbocycles. The summed E-state index contributed by atoms with van der Waals surface area (Å²) in [5.74, 6) is 4.31. The molecule has 0 radical (unpaired) electrons. The first kappa shape index (κ1) is 27.8. The van der Waals surface area contributed by atoms with E-state index in [4.69, 9.17) is 0 Å². The Morgan fingerprint density at radius 3 is 2.54 bits per heavy atom. The van der Waals surface area contributed by atoms with Crippen LogP contribution in [0.25, 0.3) is 0 Å². The lowest BCUT2D eigenvalue weighted by Crippen LogP contribution is -2.50. The molecule has 0 aliphatic heterocycles. The number of carbonyl (C=O) groups excluding carboxylic acids is 1. The Morgan fingerprint density at radius 1 is 1.00 bits per heavy atom. The molecule has 0 unspecified atom stereocenters. The second kappa shape index (κ2) is 12.1. The van der Waals surface area contributed by atoms with Crippen LogP contribution in [-0.2, 0) is 4.79 Å². The maximum absolute atomic E-state index is 12.6. The SMILES string of the molecule is CCCCCCCC[C@@H]1CC[C@@H]2[C@@H]3CC=C4C[C@@H](SC(=O)C[C@@H](C)CC)CC[C@]4(C)[C@@H]3CC[C@]12C. The molecule has 8 atom stereocenters. The van der Waals surface area contributed by atoms with Crippen LogP contribution in [0, 0.1) is 40.4 Å². The third kappa shape index (κ3) is 5.93. The highest BCUT2D eigenvalue weighted by Crippen LogP contribution is 2.67. The standard InChI is InChI=1S/C33H56OS/c1-6-8-9-10-11-12-13-25-15-17-29-28-16-14-26-23-27(35-31(34)22-24(3)7-2)18-20-33(26,5)30(28)19-21-32(25,29)4/h14,24-25,27-30H,6-13,15-23H2,1-5H3/t24-,25+,27-,28-,29+,30+,32+,33-/m0/s1. The highest BCUT2D eigenvalue weighted by molar-refractivity contribution is 8.14. The molecule has 0 aromatic heterocycles. The molecule has 0 N–H and O–H groups in total. The minimum absolute atomic E-state index is 0.415. The molecule has 1 nitrogen and oxygen atoms in total. The summed E-state index contributed by atoms with van der Waals surface area (Å²) in [5, 5.41) is 0.975. The van der Waals surface area contributed by atoms with Gasteiger partial charge in [0.2, 0.25) is 0 Å². The van der Waals surface area contributed by atoms with Crippen molar-refractivity contribution in [2.75, 3.05) is 0 Å². The van der Waals surface area contributed by atoms with Gasteiger partial charge in [-0.05, 0) is 98.2 Å². The van der Waals surface area contributed by atoms with Crippen molar-refractivity contribution in [3.63, 3.8) is 0 Å². The first-order chi connectivity index (χ1) is 16.8. The van der Waals surface area contributed by atoms with Gasteiger partial charge in [0.05, 0.1) is 0 Å². The van der Waals surface area contributed by atoms with Gasteiger partial charge in [-0.1, -0.05) is 103 Å². The zero-order valence-corrected chi connectivity index (χ0v) is 24.7. The van der Waals surface area contributed by atoms with Gasteiger partial charge in [0.15, 0.2) is 5.12 Å². The van der Waals surface area contributed by atoms with Crippen molar-refractivity contribution < 1.29 is 4.79 Å². The van der Waals surface area contributed by atoms with Crippen LogP contribution in [0.3, 0.4) is 0 Å². The number of unbranched alkanes of at least 4 members (excludes halogenated alkanes) is 5. The predicted molar refractivity (Wildman–Crippen MR) is 154 cm³/mol. The van der Waals surface area contributed by atoms with Crippen molar-refractivity contribution in [3.8, 4) is 0 Å². The largest absolute Gasteiger partial charge is 0.287 e. The van der Waals surface area contributed by atoms with Crippen LogP contribution in [0.4, 0.5) is 0 Å². The second-order valence-electron chi connectivity index (χ2n) is 13.7. The molecule has 4 aliphatic carbocycles. The van der Waals surface area contributed by atoms with E-state index in [1.54, 1.807) is 17.3 Å². The monoisotopic (exact) mass is 500 g/mol. The predicted octanol–water partition coefficient (Wildman–Crippen LogP) is 10.4. The van der Waals surface area contributed by atoms with E-state index < -0.39 is 0 Å². The normalized spacial score (nSPS) is 39.3. The minimum Gasteiger partial charge on any atom is -0.287 e. The summed E-state index contributed by atoms with van der Waals surface area (Å²) in [6.45, 7) is 12.1. The van der Waals surface area contributed by atoms with Crippen LogP contribution >= 0.6 is 11.8 Å². The number of thioether (sulfide) groups is 1. The first-order valence-corrected chi connectivity index (χ1v) is 16.6. The molecule has 3 fully saturated rings. The number of fused-ring (bicyclic) bond motifs is 5. The Hall–Kier alpha value is -0.240. The number of rotatable bonds is 11. The zero-order valence-electron chi connectivity index (χ0n) is 23.9. The maximum Gasteiger partial charge on any atom is 0.189 e. The quantitative estimate of drug-likeness (QED) is 0.207. The van der Waals surface area contributed by atoms with Crippen molar-refractivity contribution in [2.24, 2.45) is 40.4 Å². The number of hydrogen-bond acceptors (Lipinski definition) is 2. The summed E-state index contributed by atoms with van der Waals surface area (Å²) in [4.78, 5) is 12.6. The molecular formula is C33H56OS. The fourth-order valence-corrected chi connectivity index (χ4v) is 10.4. The smallest absolute Gasteiger partial charge is 0.189 e. The topological polar surface area (TPSA) is 17.1 Å². The van der Waals surface area contributed by atoms with Gasteiger partial charge >= 0.3 is 0 Å². The summed E-state index contributed by atoms with van der Waals surface area (Å²) in [6, 6.07) is 0. The Balaban J connectivity index is 1.35. The molecule has 35 heavy (non-hydrogen) atoms. The van der Waals surface area contributed by atoms with Gasteiger partial charge < -0.3 is 0 Å². The number of carbonyl (C=O) groups is 1. The van der Waals surface area contributed by atoms with Gasteiger partial charge in [-0.2, -0.15) is 0 Å². The van der Waals surface area contributed by atoms with Crippen LogP contribution in [0.5, 0.6) is 0 Å². The summed E-state index contributed by atoms with van der Waals surface area (Å²) in [7, 11) is 0. The van der Waals surface area contributed by atoms with Crippen molar-refractivity contribution >= 4 is 16.9 Å². The fourth-order valence-electron chi connectivity index (χ4n) is 9.15. The third-order valence-corrected chi connectivity index (χ3v) is 12.8. The molecule has 200 valence electrons. The molecule has 0 spiro atoms. The lowest BCUT2D eigenvalue weighted by molar-refractivity contribution is -0.111. The van der Waals surface area contributed by atoms with E-state index in [2.05, 4.69) is 40.7 Å². The van der Waals surface area contributed by atoms with E-state index in [-0.39, 0.29) is 0 Å². The third-order valence-electron chi connectivity index (χ3n) is 11.7. The molecular weight excluding hydrogens is 444 g/mol. The van der Waals surface area contributed by atoms with E-state index in [9.17, 15) is 4.79 Å². The van der Waals surface area contributed by atoms with Crippen molar-refractivity contribution in [2.45, 2.75) is 149 Å². The molecule has 4 rings (SSSR count). The first-order valence-electron chi connectivity index (χ1n) is 15.7. The van der Waals surface area contributed by atoms with Gasteiger partial charge in [-0.25, -0.2) is 0 Å². The molecule has 3 saturated carbocycles. The van der Waals surface area contributed by atoms with Gasteiger partial charge in [0.25, 0.3) is 0 Å². The fraction of sp³-hybridized carbons (Fsp3) is 0.909. The van der Waals surface area contributed by atoms with Crippen LogP contribution in [0.15, 0.2) is 11.6 Å². The molecule has 0 saturated heterocycles. The minimum atomic E-state index is 0.415. The summed E-state index contributed by atoms with van der Waals surface area (Å²) in [5.41, 5.74) is 2.77. The Kier molecular flexibility index (Phi) is 9.59. The Morgan fingerprint density at radius 2 is 1.77 bits per heavy atom. The molecule has 0 bridgehead atoms. The lowest BCUT2D eigenvalue weighted by Gasteiger charge is -2.58. The summed E-state index contributed by atoms with van der Waals surface area (Å²) >= 11 is 1.70. The second-order valence-corrected chi connectivity index (χ2v) is 15.1. The Bertz CT molecular complexity index is 741. The van der Waals surface area contributed by atoms with Crippen LogP contribution in [-0.4, -0.2) is 10.4 Å². The zero-order chi connectivity index (χ0) is 25.1. The van der Waals surface area contributed by atoms with Crippen LogP contribution < -0.4 is 0 Å². The van der Waals surface area contributed by atoms with Crippen LogP contribution in [0.2, 0.25) is 0 Å². The average Bonchev–Trinajstić information content (AvgIpc) is 3.17. The van der Waals surface area contributed by atoms with Gasteiger partial charge in [0.1, 0.15) is 0 Å². The summed E-state index contributed by atoms with van der Waals surface area (Å²) in [6.07, 6.45) is 25.7. The molecule has 2 heteroatoms. The van der Waals surface area contributed by atoms with E-state index in [0.29, 0.717) is 27.1 Å². The van der Waals surface area contributed by atoms with E-state index in [1.165, 1.54) is 96.3 Å². The molecule has 0 amide bonds. The number of allylic oxidation sites excluding steroid dienone is 2. The van der Waals surface area contributed by atoms with E-state index in [0.717, 1.165) is 36.5 Å². The average molecular weight is 501 g/mol. The highest BCUT2D eigenvalue weighted by Gasteiger charge is 2.58. The van der Waals surface area contributed by atoms with Crippen LogP contribution in [0.1, 0.15) is 144 Å². The summed E-state index contributed by atoms with van der Waals surface area (Å²) < 4.78 is 0. The Labute approximate surface area is 222 Å². The maximum atomic E-state index is 12.6. The number of hydrogen-bond donors (Lipinski definition) is 0. The van der Waals surface area contributed by atoms with E-state index in [1.807, 2.05) is 0 Å². The van der Waals surface area contributed by atoms with Crippen molar-refractivity contribution in [1.29, 1.82) is 0 Å².